The highest BCUT2D eigenvalue weighted by Crippen LogP contribution is 2.38. The van der Waals surface area contributed by atoms with Crippen LogP contribution in [0.1, 0.15) is 26.2 Å². The Kier molecular flexibility index (Phi) is 1.83. The fraction of sp³-hybridized carbons (Fsp3) is 0.889. The van der Waals surface area contributed by atoms with Crippen LogP contribution in [0.5, 0.6) is 0 Å². The molecule has 0 radical (unpaired) electrons. The van der Waals surface area contributed by atoms with Gasteiger partial charge in [-0.2, -0.15) is 0 Å². The van der Waals surface area contributed by atoms with Crippen molar-refractivity contribution in [3.63, 3.8) is 0 Å². The normalized spacial score (nSPS) is 47.0. The average Bonchev–Trinajstić information content (AvgIpc) is 2.29. The predicted molar refractivity (Wildman–Crippen MR) is 42.4 cm³/mol. The van der Waals surface area contributed by atoms with Gasteiger partial charge in [0, 0.05) is 5.92 Å². The first-order valence-corrected chi connectivity index (χ1v) is 4.58. The molecular weight excluding hydrogens is 156 g/mol. The lowest BCUT2D eigenvalue weighted by atomic mass is 9.79. The van der Waals surface area contributed by atoms with Crippen LogP contribution in [0.15, 0.2) is 0 Å². The Labute approximate surface area is 71.7 Å². The number of hydrogen-bond acceptors (Lipinski definition) is 3. The summed E-state index contributed by atoms with van der Waals surface area (Å²) in [5, 5.41) is 9.64. The molecule has 1 saturated heterocycles. The minimum Gasteiger partial charge on any atom is -0.462 e. The van der Waals surface area contributed by atoms with Gasteiger partial charge in [0.05, 0.1) is 12.0 Å². The minimum atomic E-state index is -0.329. The lowest BCUT2D eigenvalue weighted by Crippen LogP contribution is -2.35. The van der Waals surface area contributed by atoms with Crippen LogP contribution in [0, 0.1) is 11.8 Å². The van der Waals surface area contributed by atoms with Crippen molar-refractivity contribution in [2.45, 2.75) is 38.4 Å². The predicted octanol–water partition coefficient (Wildman–Crippen LogP) is 0.709. The zero-order valence-corrected chi connectivity index (χ0v) is 7.19. The largest absolute Gasteiger partial charge is 0.462 e. The highest BCUT2D eigenvalue weighted by molar-refractivity contribution is 5.75. The molecule has 1 aliphatic carbocycles. The van der Waals surface area contributed by atoms with Crippen LogP contribution in [0.25, 0.3) is 0 Å². The SMILES string of the molecule is C[C@H]1C(=O)OC2CCC[C@H](O)C21. The highest BCUT2D eigenvalue weighted by Gasteiger charge is 2.47. The summed E-state index contributed by atoms with van der Waals surface area (Å²) in [5.41, 5.74) is 0. The molecule has 0 aromatic carbocycles. The second-order valence-electron chi connectivity index (χ2n) is 3.84. The van der Waals surface area contributed by atoms with Gasteiger partial charge < -0.3 is 9.84 Å². The fourth-order valence-electron chi connectivity index (χ4n) is 2.37. The Bertz CT molecular complexity index is 202. The van der Waals surface area contributed by atoms with Crippen molar-refractivity contribution in [2.24, 2.45) is 11.8 Å². The van der Waals surface area contributed by atoms with Crippen LogP contribution in [-0.4, -0.2) is 23.3 Å². The van der Waals surface area contributed by atoms with E-state index in [1.54, 1.807) is 0 Å². The Morgan fingerprint density at radius 1 is 1.50 bits per heavy atom. The second kappa shape index (κ2) is 2.73. The van der Waals surface area contributed by atoms with E-state index in [1.807, 2.05) is 6.92 Å². The van der Waals surface area contributed by atoms with Crippen molar-refractivity contribution >= 4 is 5.97 Å². The monoisotopic (exact) mass is 170 g/mol. The van der Waals surface area contributed by atoms with Crippen molar-refractivity contribution in [1.82, 2.24) is 0 Å². The molecule has 68 valence electrons. The van der Waals surface area contributed by atoms with Gasteiger partial charge in [-0.25, -0.2) is 0 Å². The number of carbonyl (C=O) groups is 1. The number of aliphatic hydroxyl groups is 1. The van der Waals surface area contributed by atoms with E-state index in [4.69, 9.17) is 4.74 Å². The van der Waals surface area contributed by atoms with E-state index >= 15 is 0 Å². The lowest BCUT2D eigenvalue weighted by Gasteiger charge is -2.29. The van der Waals surface area contributed by atoms with Gasteiger partial charge in [0.15, 0.2) is 0 Å². The molecule has 3 heteroatoms. The smallest absolute Gasteiger partial charge is 0.309 e. The maximum Gasteiger partial charge on any atom is 0.309 e. The van der Waals surface area contributed by atoms with E-state index in [2.05, 4.69) is 0 Å². The van der Waals surface area contributed by atoms with Crippen molar-refractivity contribution in [3.05, 3.63) is 0 Å². The van der Waals surface area contributed by atoms with Gasteiger partial charge in [0.2, 0.25) is 0 Å². The van der Waals surface area contributed by atoms with E-state index in [0.717, 1.165) is 19.3 Å². The highest BCUT2D eigenvalue weighted by atomic mass is 16.6. The summed E-state index contributed by atoms with van der Waals surface area (Å²) in [6.45, 7) is 1.85. The lowest BCUT2D eigenvalue weighted by molar-refractivity contribution is -0.144. The second-order valence-corrected chi connectivity index (χ2v) is 3.84. The summed E-state index contributed by atoms with van der Waals surface area (Å²) in [7, 11) is 0. The van der Waals surface area contributed by atoms with E-state index in [1.165, 1.54) is 0 Å². The van der Waals surface area contributed by atoms with E-state index < -0.39 is 0 Å². The zero-order chi connectivity index (χ0) is 8.72. The molecule has 2 unspecified atom stereocenters. The summed E-state index contributed by atoms with van der Waals surface area (Å²) in [6.07, 6.45) is 2.39. The number of fused-ring (bicyclic) bond motifs is 1. The standard InChI is InChI=1S/C9H14O3/c1-5-8-6(10)3-2-4-7(8)12-9(5)11/h5-8,10H,2-4H2,1H3/t5-,6+,7?,8?/m1/s1. The van der Waals surface area contributed by atoms with Gasteiger partial charge in [-0.05, 0) is 19.3 Å². The third kappa shape index (κ3) is 1.04. The summed E-state index contributed by atoms with van der Waals surface area (Å²) >= 11 is 0. The van der Waals surface area contributed by atoms with Crippen LogP contribution < -0.4 is 0 Å². The van der Waals surface area contributed by atoms with E-state index in [0.29, 0.717) is 0 Å². The molecule has 1 saturated carbocycles. The van der Waals surface area contributed by atoms with Gasteiger partial charge in [-0.15, -0.1) is 0 Å². The van der Waals surface area contributed by atoms with Gasteiger partial charge in [-0.3, -0.25) is 4.79 Å². The Morgan fingerprint density at radius 2 is 2.25 bits per heavy atom. The quantitative estimate of drug-likeness (QED) is 0.544. The maximum absolute atomic E-state index is 11.2. The first kappa shape index (κ1) is 8.05. The molecule has 0 aromatic rings. The Morgan fingerprint density at radius 3 is 2.92 bits per heavy atom. The van der Waals surface area contributed by atoms with E-state index in [9.17, 15) is 9.90 Å². The number of aliphatic hydroxyl groups excluding tert-OH is 1. The van der Waals surface area contributed by atoms with E-state index in [-0.39, 0.29) is 30.0 Å². The van der Waals surface area contributed by atoms with Crippen LogP contribution >= 0.6 is 0 Å². The fourth-order valence-corrected chi connectivity index (χ4v) is 2.37. The van der Waals surface area contributed by atoms with Crippen molar-refractivity contribution in [2.75, 3.05) is 0 Å². The summed E-state index contributed by atoms with van der Waals surface area (Å²) in [4.78, 5) is 11.2. The number of carbonyl (C=O) groups excluding carboxylic acids is 1. The molecule has 3 nitrogen and oxygen atoms in total. The van der Waals surface area contributed by atoms with Crippen molar-refractivity contribution in [1.29, 1.82) is 0 Å². The van der Waals surface area contributed by atoms with Gasteiger partial charge >= 0.3 is 5.97 Å². The van der Waals surface area contributed by atoms with Crippen molar-refractivity contribution in [3.8, 4) is 0 Å². The van der Waals surface area contributed by atoms with Crippen LogP contribution in [-0.2, 0) is 9.53 Å². The first-order chi connectivity index (χ1) is 5.70. The Balaban J connectivity index is 2.17. The molecule has 1 N–H and O–H groups in total. The van der Waals surface area contributed by atoms with Crippen LogP contribution in [0.3, 0.4) is 0 Å². The molecule has 12 heavy (non-hydrogen) atoms. The van der Waals surface area contributed by atoms with Gasteiger partial charge in [-0.1, -0.05) is 6.92 Å². The molecule has 0 spiro atoms. The number of hydrogen-bond donors (Lipinski definition) is 1. The Hall–Kier alpha value is -0.570. The summed E-state index contributed by atoms with van der Waals surface area (Å²) in [6, 6.07) is 0. The number of esters is 1. The molecule has 1 heterocycles. The molecule has 0 aromatic heterocycles. The maximum atomic E-state index is 11.2. The summed E-state index contributed by atoms with van der Waals surface area (Å²) < 4.78 is 5.15. The number of rotatable bonds is 0. The third-order valence-electron chi connectivity index (χ3n) is 3.08. The first-order valence-electron chi connectivity index (χ1n) is 4.58. The third-order valence-corrected chi connectivity index (χ3v) is 3.08. The average molecular weight is 170 g/mol. The molecule has 2 fully saturated rings. The molecule has 2 aliphatic rings. The van der Waals surface area contributed by atoms with Crippen molar-refractivity contribution < 1.29 is 14.6 Å². The number of ether oxygens (including phenoxy) is 1. The topological polar surface area (TPSA) is 46.5 Å². The molecule has 2 rings (SSSR count). The molecular formula is C9H14O3. The molecule has 0 bridgehead atoms. The van der Waals surface area contributed by atoms with Gasteiger partial charge in [0.1, 0.15) is 6.10 Å². The van der Waals surface area contributed by atoms with Crippen LogP contribution in [0.4, 0.5) is 0 Å². The minimum absolute atomic E-state index is 0.00347. The molecule has 1 aliphatic heterocycles. The zero-order valence-electron chi connectivity index (χ0n) is 7.19. The van der Waals surface area contributed by atoms with Crippen LogP contribution in [0.2, 0.25) is 0 Å². The molecule has 4 atom stereocenters. The van der Waals surface area contributed by atoms with Gasteiger partial charge in [0.25, 0.3) is 0 Å². The molecule has 0 amide bonds. The summed E-state index contributed by atoms with van der Waals surface area (Å²) in [5.74, 6) is -0.178.